The van der Waals surface area contributed by atoms with Crippen LogP contribution in [0, 0.1) is 0 Å². The lowest BCUT2D eigenvalue weighted by Gasteiger charge is -2.36. The Labute approximate surface area is 147 Å². The van der Waals surface area contributed by atoms with Crippen molar-refractivity contribution in [2.45, 2.75) is 19.9 Å². The van der Waals surface area contributed by atoms with Gasteiger partial charge in [0.1, 0.15) is 5.82 Å². The molecule has 0 saturated carbocycles. The summed E-state index contributed by atoms with van der Waals surface area (Å²) in [5.74, 6) is 2.13. The highest BCUT2D eigenvalue weighted by atomic mass is 16.5. The summed E-state index contributed by atoms with van der Waals surface area (Å²) in [6, 6.07) is 8.41. The zero-order valence-corrected chi connectivity index (χ0v) is 14.6. The van der Waals surface area contributed by atoms with Crippen molar-refractivity contribution >= 4 is 33.3 Å². The zero-order valence-electron chi connectivity index (χ0n) is 14.6. The Morgan fingerprint density at radius 1 is 1.32 bits per heavy atom. The van der Waals surface area contributed by atoms with Crippen molar-refractivity contribution in [1.82, 2.24) is 15.3 Å². The van der Waals surface area contributed by atoms with Gasteiger partial charge in [0.25, 0.3) is 0 Å². The van der Waals surface area contributed by atoms with Crippen LogP contribution in [0.1, 0.15) is 13.8 Å². The highest BCUT2D eigenvalue weighted by Crippen LogP contribution is 2.41. The van der Waals surface area contributed by atoms with Crippen LogP contribution in [0.4, 0.5) is 11.6 Å². The summed E-state index contributed by atoms with van der Waals surface area (Å²) < 4.78 is 6.11. The van der Waals surface area contributed by atoms with Crippen molar-refractivity contribution in [1.29, 1.82) is 0 Å². The minimum atomic E-state index is 0.324. The van der Waals surface area contributed by atoms with Crippen LogP contribution in [-0.4, -0.2) is 42.3 Å². The zero-order chi connectivity index (χ0) is 17.4. The number of nitrogen functional groups attached to an aromatic ring is 1. The van der Waals surface area contributed by atoms with Crippen LogP contribution >= 0.6 is 0 Å². The third-order valence-corrected chi connectivity index (χ3v) is 4.77. The molecule has 4 rings (SSSR count). The van der Waals surface area contributed by atoms with Crippen LogP contribution in [0.3, 0.4) is 0 Å². The second-order valence-corrected chi connectivity index (χ2v) is 6.39. The summed E-state index contributed by atoms with van der Waals surface area (Å²) in [6.45, 7) is 7.48. The van der Waals surface area contributed by atoms with Crippen molar-refractivity contribution in [3.05, 3.63) is 30.5 Å². The molecule has 3 aromatic rings. The van der Waals surface area contributed by atoms with E-state index in [0.29, 0.717) is 18.5 Å². The number of fused-ring (bicyclic) bond motifs is 3. The second-order valence-electron chi connectivity index (χ2n) is 6.39. The summed E-state index contributed by atoms with van der Waals surface area (Å²) in [5, 5.41) is 6.30. The van der Waals surface area contributed by atoms with E-state index in [-0.39, 0.29) is 0 Å². The number of ether oxygens (including phenoxy) is 1. The fraction of sp³-hybridized carbons (Fsp3) is 0.368. The first kappa shape index (κ1) is 15.9. The van der Waals surface area contributed by atoms with Gasteiger partial charge in [-0.25, -0.2) is 4.98 Å². The number of benzene rings is 1. The number of piperazine rings is 1. The van der Waals surface area contributed by atoms with E-state index in [1.54, 1.807) is 6.20 Å². The molecule has 1 saturated heterocycles. The van der Waals surface area contributed by atoms with Crippen LogP contribution in [0.15, 0.2) is 30.5 Å². The van der Waals surface area contributed by atoms with E-state index >= 15 is 0 Å². The predicted molar refractivity (Wildman–Crippen MR) is 102 cm³/mol. The van der Waals surface area contributed by atoms with Crippen LogP contribution in [0.2, 0.25) is 0 Å². The third kappa shape index (κ3) is 2.62. The number of pyridine rings is 2. The number of hydrogen-bond donors (Lipinski definition) is 2. The third-order valence-electron chi connectivity index (χ3n) is 4.77. The maximum atomic E-state index is 6.32. The fourth-order valence-corrected chi connectivity index (χ4v) is 3.55. The molecule has 0 bridgehead atoms. The van der Waals surface area contributed by atoms with E-state index in [1.165, 1.54) is 0 Å². The van der Waals surface area contributed by atoms with Crippen LogP contribution in [-0.2, 0) is 0 Å². The van der Waals surface area contributed by atoms with Crippen molar-refractivity contribution in [3.63, 3.8) is 0 Å². The molecule has 1 aromatic carbocycles. The largest absolute Gasteiger partial charge is 0.489 e. The number of hydrogen-bond acceptors (Lipinski definition) is 6. The number of rotatable bonds is 3. The lowest BCUT2D eigenvalue weighted by molar-refractivity contribution is 0.341. The normalized spacial score (nSPS) is 18.0. The van der Waals surface area contributed by atoms with E-state index in [4.69, 9.17) is 15.5 Å². The maximum Gasteiger partial charge on any atom is 0.174 e. The molecule has 6 nitrogen and oxygen atoms in total. The lowest BCUT2D eigenvalue weighted by atomic mass is 10.1. The molecule has 130 valence electrons. The number of para-hydroxylation sites is 1. The quantitative estimate of drug-likeness (QED) is 0.716. The van der Waals surface area contributed by atoms with Gasteiger partial charge in [-0.15, -0.1) is 0 Å². The van der Waals surface area contributed by atoms with Gasteiger partial charge in [0.2, 0.25) is 0 Å². The molecule has 0 spiro atoms. The first-order valence-electron chi connectivity index (χ1n) is 8.77. The van der Waals surface area contributed by atoms with Crippen molar-refractivity contribution in [3.8, 4) is 5.75 Å². The van der Waals surface area contributed by atoms with Gasteiger partial charge in [0.15, 0.2) is 11.6 Å². The highest BCUT2D eigenvalue weighted by Gasteiger charge is 2.26. The van der Waals surface area contributed by atoms with Crippen molar-refractivity contribution in [2.75, 3.05) is 36.9 Å². The Morgan fingerprint density at radius 2 is 2.16 bits per heavy atom. The Kier molecular flexibility index (Phi) is 4.05. The monoisotopic (exact) mass is 337 g/mol. The van der Waals surface area contributed by atoms with Crippen LogP contribution in [0.25, 0.3) is 21.7 Å². The van der Waals surface area contributed by atoms with Gasteiger partial charge in [0.05, 0.1) is 12.1 Å². The summed E-state index contributed by atoms with van der Waals surface area (Å²) >= 11 is 0. The Balaban J connectivity index is 2.05. The molecule has 1 unspecified atom stereocenters. The highest BCUT2D eigenvalue weighted by molar-refractivity contribution is 6.13. The van der Waals surface area contributed by atoms with Gasteiger partial charge in [-0.05, 0) is 19.9 Å². The van der Waals surface area contributed by atoms with Crippen molar-refractivity contribution in [2.24, 2.45) is 0 Å². The Morgan fingerprint density at radius 3 is 2.96 bits per heavy atom. The molecule has 0 aliphatic carbocycles. The predicted octanol–water partition coefficient (Wildman–Crippen LogP) is 2.56. The van der Waals surface area contributed by atoms with E-state index in [0.717, 1.165) is 52.9 Å². The second kappa shape index (κ2) is 6.37. The molecule has 1 aliphatic rings. The smallest absolute Gasteiger partial charge is 0.174 e. The molecule has 0 radical (unpaired) electrons. The molecular formula is C19H23N5O. The SMILES string of the molecule is CCOc1c(N2CCNCC2C)nc(N)c2cnc3ccccc3c12. The average molecular weight is 337 g/mol. The topological polar surface area (TPSA) is 76.3 Å². The number of nitrogens with one attached hydrogen (secondary N) is 1. The number of anilines is 2. The summed E-state index contributed by atoms with van der Waals surface area (Å²) in [4.78, 5) is 11.5. The molecule has 3 heterocycles. The van der Waals surface area contributed by atoms with Gasteiger partial charge in [0, 0.05) is 48.0 Å². The molecule has 6 heteroatoms. The Hall–Kier alpha value is -2.60. The molecule has 1 fully saturated rings. The van der Waals surface area contributed by atoms with E-state index < -0.39 is 0 Å². The van der Waals surface area contributed by atoms with E-state index in [9.17, 15) is 0 Å². The van der Waals surface area contributed by atoms with E-state index in [1.807, 2.05) is 25.1 Å². The van der Waals surface area contributed by atoms with E-state index in [2.05, 4.69) is 28.2 Å². The number of nitrogens with two attached hydrogens (primary N) is 1. The lowest BCUT2D eigenvalue weighted by Crippen LogP contribution is -2.50. The molecule has 1 aliphatic heterocycles. The minimum absolute atomic E-state index is 0.324. The van der Waals surface area contributed by atoms with Crippen LogP contribution in [0.5, 0.6) is 5.75 Å². The van der Waals surface area contributed by atoms with Crippen LogP contribution < -0.4 is 20.7 Å². The van der Waals surface area contributed by atoms with Gasteiger partial charge >= 0.3 is 0 Å². The number of nitrogens with zero attached hydrogens (tertiary/aromatic N) is 3. The molecular weight excluding hydrogens is 314 g/mol. The molecule has 1 atom stereocenters. The first-order chi connectivity index (χ1) is 12.2. The standard InChI is InChI=1S/C19H23N5O/c1-3-25-17-16-13-6-4-5-7-15(13)22-11-14(16)18(20)23-19(17)24-9-8-21-10-12(24)2/h4-7,11-12,21H,3,8-10H2,1-2H3,(H2,20,23). The molecule has 2 aromatic heterocycles. The van der Waals surface area contributed by atoms with Gasteiger partial charge < -0.3 is 20.7 Å². The molecule has 25 heavy (non-hydrogen) atoms. The Bertz CT molecular complexity index is 926. The summed E-state index contributed by atoms with van der Waals surface area (Å²) in [5.41, 5.74) is 7.25. The van der Waals surface area contributed by atoms with Gasteiger partial charge in [-0.3, -0.25) is 4.98 Å². The minimum Gasteiger partial charge on any atom is -0.489 e. The maximum absolute atomic E-state index is 6.32. The fourth-order valence-electron chi connectivity index (χ4n) is 3.55. The van der Waals surface area contributed by atoms with Crippen molar-refractivity contribution < 1.29 is 4.74 Å². The molecule has 3 N–H and O–H groups in total. The summed E-state index contributed by atoms with van der Waals surface area (Å²) in [7, 11) is 0. The average Bonchev–Trinajstić information content (AvgIpc) is 2.64. The van der Waals surface area contributed by atoms with Gasteiger partial charge in [-0.1, -0.05) is 18.2 Å². The first-order valence-corrected chi connectivity index (χ1v) is 8.77. The molecule has 0 amide bonds. The summed E-state index contributed by atoms with van der Waals surface area (Å²) in [6.07, 6.45) is 1.80. The number of aromatic nitrogens is 2. The van der Waals surface area contributed by atoms with Gasteiger partial charge in [-0.2, -0.15) is 0 Å².